The van der Waals surface area contributed by atoms with Gasteiger partial charge in [0.05, 0.1) is 19.1 Å². The maximum absolute atomic E-state index is 12.3. The van der Waals surface area contributed by atoms with E-state index in [1.807, 2.05) is 0 Å². The number of nitro benzene ring substituents is 1. The van der Waals surface area contributed by atoms with Gasteiger partial charge in [-0.1, -0.05) is 0 Å². The van der Waals surface area contributed by atoms with Gasteiger partial charge in [0, 0.05) is 23.6 Å². The van der Waals surface area contributed by atoms with E-state index in [4.69, 9.17) is 0 Å². The Morgan fingerprint density at radius 2 is 1.92 bits per heavy atom. The van der Waals surface area contributed by atoms with E-state index in [0.717, 1.165) is 0 Å². The van der Waals surface area contributed by atoms with Crippen molar-refractivity contribution in [3.05, 3.63) is 39.4 Å². The first-order chi connectivity index (χ1) is 11.8. The van der Waals surface area contributed by atoms with E-state index in [9.17, 15) is 24.5 Å². The highest BCUT2D eigenvalue weighted by Crippen LogP contribution is 2.19. The van der Waals surface area contributed by atoms with Crippen LogP contribution in [0.15, 0.2) is 18.2 Å². The van der Waals surface area contributed by atoms with Crippen molar-refractivity contribution in [2.24, 2.45) is 0 Å². The summed E-state index contributed by atoms with van der Waals surface area (Å²) in [5, 5.41) is 13.3. The summed E-state index contributed by atoms with van der Waals surface area (Å²) in [5.41, 5.74) is 0.419. The lowest BCUT2D eigenvalue weighted by molar-refractivity contribution is -0.385. The Labute approximate surface area is 144 Å². The normalized spacial score (nSPS) is 11.3. The van der Waals surface area contributed by atoms with E-state index >= 15 is 0 Å². The van der Waals surface area contributed by atoms with Gasteiger partial charge in [0.15, 0.2) is 0 Å². The standard InChI is InChI=1S/C16H20N2O7/c1-10-9-11(7-8-13(10)18(22)23)15(20)17-12(16(21)25-3)5-4-6-14(19)24-2/h7-9,12H,4-6H2,1-3H3,(H,17,20). The number of esters is 2. The number of nitro groups is 1. The summed E-state index contributed by atoms with van der Waals surface area (Å²) in [6.45, 7) is 1.52. The number of nitrogens with zero attached hydrogens (tertiary/aromatic N) is 1. The number of rotatable bonds is 8. The Morgan fingerprint density at radius 1 is 1.24 bits per heavy atom. The van der Waals surface area contributed by atoms with E-state index in [1.54, 1.807) is 0 Å². The molecule has 0 fully saturated rings. The van der Waals surface area contributed by atoms with Crippen LogP contribution in [-0.2, 0) is 19.1 Å². The van der Waals surface area contributed by atoms with Gasteiger partial charge >= 0.3 is 11.9 Å². The molecule has 0 spiro atoms. The zero-order valence-electron chi connectivity index (χ0n) is 14.2. The second-order valence-corrected chi connectivity index (χ2v) is 5.28. The Balaban J connectivity index is 2.80. The van der Waals surface area contributed by atoms with E-state index < -0.39 is 28.8 Å². The number of nitrogens with one attached hydrogen (secondary N) is 1. The Morgan fingerprint density at radius 3 is 2.44 bits per heavy atom. The van der Waals surface area contributed by atoms with Gasteiger partial charge < -0.3 is 14.8 Å². The topological polar surface area (TPSA) is 125 Å². The third kappa shape index (κ3) is 5.87. The number of benzene rings is 1. The fraction of sp³-hybridized carbons (Fsp3) is 0.438. The van der Waals surface area contributed by atoms with Gasteiger partial charge in [0.2, 0.25) is 0 Å². The van der Waals surface area contributed by atoms with Crippen LogP contribution >= 0.6 is 0 Å². The first-order valence-electron chi connectivity index (χ1n) is 7.50. The first kappa shape index (κ1) is 20.1. The van der Waals surface area contributed by atoms with Gasteiger partial charge in [-0.15, -0.1) is 0 Å². The Kier molecular flexibility index (Phi) is 7.51. The molecule has 0 aliphatic rings. The molecule has 0 aliphatic carbocycles. The van der Waals surface area contributed by atoms with Crippen molar-refractivity contribution in [3.8, 4) is 0 Å². The van der Waals surface area contributed by atoms with Gasteiger partial charge in [-0.3, -0.25) is 19.7 Å². The molecule has 1 aromatic rings. The van der Waals surface area contributed by atoms with Crippen LogP contribution in [0.3, 0.4) is 0 Å². The van der Waals surface area contributed by atoms with Crippen LogP contribution in [0, 0.1) is 17.0 Å². The third-order valence-electron chi connectivity index (χ3n) is 3.55. The fourth-order valence-corrected chi connectivity index (χ4v) is 2.19. The summed E-state index contributed by atoms with van der Waals surface area (Å²) in [6, 6.07) is 2.98. The molecule has 25 heavy (non-hydrogen) atoms. The number of ether oxygens (including phenoxy) is 2. The van der Waals surface area contributed by atoms with Crippen LogP contribution in [-0.4, -0.2) is 43.0 Å². The molecule has 0 radical (unpaired) electrons. The molecule has 0 saturated heterocycles. The summed E-state index contributed by atoms with van der Waals surface area (Å²) in [6.07, 6.45) is 0.627. The number of hydrogen-bond acceptors (Lipinski definition) is 7. The van der Waals surface area contributed by atoms with Crippen molar-refractivity contribution in [3.63, 3.8) is 0 Å². The summed E-state index contributed by atoms with van der Waals surface area (Å²) in [5.74, 6) is -1.62. The summed E-state index contributed by atoms with van der Waals surface area (Å²) >= 11 is 0. The second-order valence-electron chi connectivity index (χ2n) is 5.28. The van der Waals surface area contributed by atoms with Gasteiger partial charge in [0.1, 0.15) is 6.04 Å². The van der Waals surface area contributed by atoms with Gasteiger partial charge in [-0.05, 0) is 31.9 Å². The number of carbonyl (C=O) groups excluding carboxylic acids is 3. The average molecular weight is 352 g/mol. The summed E-state index contributed by atoms with van der Waals surface area (Å²) in [7, 11) is 2.46. The van der Waals surface area contributed by atoms with Crippen molar-refractivity contribution < 1.29 is 28.8 Å². The maximum atomic E-state index is 12.3. The van der Waals surface area contributed by atoms with Gasteiger partial charge in [0.25, 0.3) is 11.6 Å². The van der Waals surface area contributed by atoms with Gasteiger partial charge in [-0.2, -0.15) is 0 Å². The predicted molar refractivity (Wildman–Crippen MR) is 87.0 cm³/mol. The molecular formula is C16H20N2O7. The molecule has 1 aromatic carbocycles. The van der Waals surface area contributed by atoms with Crippen molar-refractivity contribution in [2.75, 3.05) is 14.2 Å². The monoisotopic (exact) mass is 352 g/mol. The molecule has 1 unspecified atom stereocenters. The van der Waals surface area contributed by atoms with Crippen LogP contribution in [0.5, 0.6) is 0 Å². The smallest absolute Gasteiger partial charge is 0.328 e. The maximum Gasteiger partial charge on any atom is 0.328 e. The summed E-state index contributed by atoms with van der Waals surface area (Å²) < 4.78 is 9.16. The van der Waals surface area contributed by atoms with E-state index in [0.29, 0.717) is 12.0 Å². The van der Waals surface area contributed by atoms with Crippen molar-refractivity contribution in [1.82, 2.24) is 5.32 Å². The minimum atomic E-state index is -0.933. The number of amides is 1. The van der Waals surface area contributed by atoms with Gasteiger partial charge in [-0.25, -0.2) is 4.79 Å². The van der Waals surface area contributed by atoms with Crippen molar-refractivity contribution in [1.29, 1.82) is 0 Å². The molecule has 0 heterocycles. The molecule has 9 nitrogen and oxygen atoms in total. The van der Waals surface area contributed by atoms with Crippen LogP contribution < -0.4 is 5.32 Å². The molecule has 136 valence electrons. The molecule has 9 heteroatoms. The number of aryl methyl sites for hydroxylation is 1. The van der Waals surface area contributed by atoms with E-state index in [-0.39, 0.29) is 24.1 Å². The van der Waals surface area contributed by atoms with Crippen molar-refractivity contribution >= 4 is 23.5 Å². The average Bonchev–Trinajstić information content (AvgIpc) is 2.59. The second kappa shape index (κ2) is 9.36. The lowest BCUT2D eigenvalue weighted by Gasteiger charge is -2.16. The zero-order chi connectivity index (χ0) is 19.0. The highest BCUT2D eigenvalue weighted by molar-refractivity contribution is 5.97. The van der Waals surface area contributed by atoms with Crippen LogP contribution in [0.4, 0.5) is 5.69 Å². The molecule has 1 amide bonds. The van der Waals surface area contributed by atoms with Crippen LogP contribution in [0.1, 0.15) is 35.2 Å². The first-order valence-corrected chi connectivity index (χ1v) is 7.50. The molecule has 0 bridgehead atoms. The van der Waals surface area contributed by atoms with Crippen LogP contribution in [0.25, 0.3) is 0 Å². The minimum absolute atomic E-state index is 0.0980. The number of carbonyl (C=O) groups is 3. The lowest BCUT2D eigenvalue weighted by atomic mass is 10.1. The fourth-order valence-electron chi connectivity index (χ4n) is 2.19. The largest absolute Gasteiger partial charge is 0.469 e. The molecule has 1 rings (SSSR count). The highest BCUT2D eigenvalue weighted by Gasteiger charge is 2.23. The lowest BCUT2D eigenvalue weighted by Crippen LogP contribution is -2.41. The molecule has 0 aliphatic heterocycles. The molecule has 1 atom stereocenters. The molecule has 0 aromatic heterocycles. The van der Waals surface area contributed by atoms with Crippen LogP contribution in [0.2, 0.25) is 0 Å². The predicted octanol–water partition coefficient (Wildman–Crippen LogP) is 1.52. The molecule has 1 N–H and O–H groups in total. The Bertz CT molecular complexity index is 672. The third-order valence-corrected chi connectivity index (χ3v) is 3.55. The molecule has 0 saturated carbocycles. The number of hydrogen-bond donors (Lipinski definition) is 1. The zero-order valence-corrected chi connectivity index (χ0v) is 14.2. The SMILES string of the molecule is COC(=O)CCCC(NC(=O)c1ccc([N+](=O)[O-])c(C)c1)C(=O)OC. The minimum Gasteiger partial charge on any atom is -0.469 e. The Hall–Kier alpha value is -2.97. The van der Waals surface area contributed by atoms with Crippen molar-refractivity contribution in [2.45, 2.75) is 32.2 Å². The number of methoxy groups -OCH3 is 2. The molecular weight excluding hydrogens is 332 g/mol. The highest BCUT2D eigenvalue weighted by atomic mass is 16.6. The quantitative estimate of drug-likeness (QED) is 0.427. The van der Waals surface area contributed by atoms with E-state index in [2.05, 4.69) is 14.8 Å². The summed E-state index contributed by atoms with van der Waals surface area (Å²) in [4.78, 5) is 45.5. The van der Waals surface area contributed by atoms with E-state index in [1.165, 1.54) is 39.3 Å².